The number of methoxy groups -OCH3 is 1. The number of anilines is 1. The van der Waals surface area contributed by atoms with Gasteiger partial charge in [0.25, 0.3) is 5.91 Å². The van der Waals surface area contributed by atoms with Crippen LogP contribution >= 0.6 is 0 Å². The van der Waals surface area contributed by atoms with Crippen molar-refractivity contribution in [2.75, 3.05) is 12.4 Å². The van der Waals surface area contributed by atoms with Crippen molar-refractivity contribution in [2.24, 2.45) is 0 Å². The molecule has 0 bridgehead atoms. The van der Waals surface area contributed by atoms with E-state index in [1.165, 1.54) is 0 Å². The lowest BCUT2D eigenvalue weighted by molar-refractivity contribution is 0.102. The molecule has 4 rings (SSSR count). The Labute approximate surface area is 163 Å². The summed E-state index contributed by atoms with van der Waals surface area (Å²) in [6.07, 6.45) is 0. The second kappa shape index (κ2) is 7.80. The third kappa shape index (κ3) is 3.78. The van der Waals surface area contributed by atoms with E-state index in [0.29, 0.717) is 11.4 Å². The number of amides is 1. The SMILES string of the molecule is COc1ccc(-c2cc(C(=O)Nc3ccc(-c4ccccc4)cc3)[nH]n2)cc1. The Balaban J connectivity index is 1.46. The second-order valence-electron chi connectivity index (χ2n) is 6.29. The Morgan fingerprint density at radius 1 is 0.857 bits per heavy atom. The Morgan fingerprint density at radius 3 is 2.18 bits per heavy atom. The van der Waals surface area contributed by atoms with Crippen molar-refractivity contribution in [1.82, 2.24) is 10.2 Å². The summed E-state index contributed by atoms with van der Waals surface area (Å²) in [4.78, 5) is 12.5. The van der Waals surface area contributed by atoms with Crippen molar-refractivity contribution in [3.63, 3.8) is 0 Å². The Hall–Kier alpha value is -3.86. The number of benzene rings is 3. The second-order valence-corrected chi connectivity index (χ2v) is 6.29. The first-order chi connectivity index (χ1) is 13.7. The smallest absolute Gasteiger partial charge is 0.273 e. The van der Waals surface area contributed by atoms with E-state index in [1.807, 2.05) is 66.7 Å². The van der Waals surface area contributed by atoms with E-state index in [4.69, 9.17) is 4.74 Å². The maximum Gasteiger partial charge on any atom is 0.273 e. The van der Waals surface area contributed by atoms with Crippen LogP contribution in [0.5, 0.6) is 5.75 Å². The fourth-order valence-electron chi connectivity index (χ4n) is 2.92. The molecule has 0 radical (unpaired) electrons. The molecule has 0 saturated heterocycles. The van der Waals surface area contributed by atoms with E-state index in [-0.39, 0.29) is 5.91 Å². The Kier molecular flexibility index (Phi) is 4.89. The first kappa shape index (κ1) is 17.5. The normalized spacial score (nSPS) is 10.5. The van der Waals surface area contributed by atoms with Crippen LogP contribution in [0.3, 0.4) is 0 Å². The molecule has 1 amide bonds. The summed E-state index contributed by atoms with van der Waals surface area (Å²) in [7, 11) is 1.62. The molecule has 0 fully saturated rings. The molecule has 4 aromatic rings. The molecule has 0 atom stereocenters. The highest BCUT2D eigenvalue weighted by atomic mass is 16.5. The van der Waals surface area contributed by atoms with Gasteiger partial charge in [-0.3, -0.25) is 9.89 Å². The number of nitrogens with one attached hydrogen (secondary N) is 2. The van der Waals surface area contributed by atoms with Crippen LogP contribution in [0, 0.1) is 0 Å². The monoisotopic (exact) mass is 369 g/mol. The van der Waals surface area contributed by atoms with Crippen LogP contribution in [0.25, 0.3) is 22.4 Å². The number of carbonyl (C=O) groups is 1. The van der Waals surface area contributed by atoms with Crippen LogP contribution in [0.1, 0.15) is 10.5 Å². The Bertz CT molecular complexity index is 1070. The maximum absolute atomic E-state index is 12.5. The lowest BCUT2D eigenvalue weighted by atomic mass is 10.1. The van der Waals surface area contributed by atoms with Crippen LogP contribution in [-0.2, 0) is 0 Å². The molecular weight excluding hydrogens is 350 g/mol. The van der Waals surface area contributed by atoms with E-state index in [9.17, 15) is 4.79 Å². The molecular formula is C23H19N3O2. The molecule has 5 nitrogen and oxygen atoms in total. The fourth-order valence-corrected chi connectivity index (χ4v) is 2.92. The van der Waals surface area contributed by atoms with Gasteiger partial charge in [0.05, 0.1) is 12.8 Å². The fraction of sp³-hybridized carbons (Fsp3) is 0.0435. The predicted molar refractivity (Wildman–Crippen MR) is 110 cm³/mol. The van der Waals surface area contributed by atoms with E-state index in [1.54, 1.807) is 13.2 Å². The number of aromatic amines is 1. The number of carbonyl (C=O) groups excluding carboxylic acids is 1. The van der Waals surface area contributed by atoms with Gasteiger partial charge in [0.1, 0.15) is 11.4 Å². The Morgan fingerprint density at radius 2 is 1.50 bits per heavy atom. The number of H-pyrrole nitrogens is 1. The van der Waals surface area contributed by atoms with Gasteiger partial charge in [-0.25, -0.2) is 0 Å². The standard InChI is InChI=1S/C23H19N3O2/c1-28-20-13-9-18(10-14-20)21-15-22(26-25-21)23(27)24-19-11-7-17(8-12-19)16-5-3-2-4-6-16/h2-15H,1H3,(H,24,27)(H,25,26). The highest BCUT2D eigenvalue weighted by molar-refractivity contribution is 6.03. The molecule has 0 unspecified atom stereocenters. The number of ether oxygens (including phenoxy) is 1. The first-order valence-corrected chi connectivity index (χ1v) is 8.89. The van der Waals surface area contributed by atoms with Crippen molar-refractivity contribution < 1.29 is 9.53 Å². The van der Waals surface area contributed by atoms with Gasteiger partial charge in [-0.2, -0.15) is 5.10 Å². The molecule has 1 aromatic heterocycles. The summed E-state index contributed by atoms with van der Waals surface area (Å²) >= 11 is 0. The number of hydrogen-bond donors (Lipinski definition) is 2. The molecule has 2 N–H and O–H groups in total. The van der Waals surface area contributed by atoms with Crippen molar-refractivity contribution >= 4 is 11.6 Å². The predicted octanol–water partition coefficient (Wildman–Crippen LogP) is 5.00. The van der Waals surface area contributed by atoms with Crippen molar-refractivity contribution in [1.29, 1.82) is 0 Å². The van der Waals surface area contributed by atoms with Crippen LogP contribution < -0.4 is 10.1 Å². The van der Waals surface area contributed by atoms with Crippen LogP contribution in [0.4, 0.5) is 5.69 Å². The van der Waals surface area contributed by atoms with Crippen LogP contribution in [-0.4, -0.2) is 23.2 Å². The van der Waals surface area contributed by atoms with Crippen molar-refractivity contribution in [2.45, 2.75) is 0 Å². The average molecular weight is 369 g/mol. The van der Waals surface area contributed by atoms with Gasteiger partial charge >= 0.3 is 0 Å². The van der Waals surface area contributed by atoms with Crippen LogP contribution in [0.2, 0.25) is 0 Å². The topological polar surface area (TPSA) is 67.0 Å². The third-order valence-electron chi connectivity index (χ3n) is 4.46. The number of hydrogen-bond acceptors (Lipinski definition) is 3. The quantitative estimate of drug-likeness (QED) is 0.520. The van der Waals surface area contributed by atoms with E-state index in [2.05, 4.69) is 27.6 Å². The van der Waals surface area contributed by atoms with E-state index < -0.39 is 0 Å². The van der Waals surface area contributed by atoms with Gasteiger partial charge in [-0.15, -0.1) is 0 Å². The minimum atomic E-state index is -0.236. The number of aromatic nitrogens is 2. The molecule has 0 aliphatic carbocycles. The van der Waals surface area contributed by atoms with Crippen LogP contribution in [0.15, 0.2) is 84.9 Å². The van der Waals surface area contributed by atoms with Gasteiger partial charge in [-0.1, -0.05) is 42.5 Å². The summed E-state index contributed by atoms with van der Waals surface area (Å²) in [5.74, 6) is 0.538. The van der Waals surface area contributed by atoms with E-state index in [0.717, 1.165) is 28.1 Å². The van der Waals surface area contributed by atoms with Gasteiger partial charge in [-0.05, 0) is 53.6 Å². The summed E-state index contributed by atoms with van der Waals surface area (Å²) in [6, 6.07) is 27.1. The molecule has 0 spiro atoms. The summed E-state index contributed by atoms with van der Waals surface area (Å²) in [5.41, 5.74) is 4.97. The van der Waals surface area contributed by atoms with Crippen molar-refractivity contribution in [3.05, 3.63) is 90.6 Å². The minimum Gasteiger partial charge on any atom is -0.497 e. The lowest BCUT2D eigenvalue weighted by Gasteiger charge is -2.06. The van der Waals surface area contributed by atoms with Gasteiger partial charge in [0, 0.05) is 11.3 Å². The highest BCUT2D eigenvalue weighted by Crippen LogP contribution is 2.23. The summed E-state index contributed by atoms with van der Waals surface area (Å²) in [6.45, 7) is 0. The summed E-state index contributed by atoms with van der Waals surface area (Å²) in [5, 5.41) is 9.92. The van der Waals surface area contributed by atoms with Gasteiger partial charge in [0.2, 0.25) is 0 Å². The first-order valence-electron chi connectivity index (χ1n) is 8.89. The molecule has 0 aliphatic rings. The molecule has 0 aliphatic heterocycles. The zero-order chi connectivity index (χ0) is 19.3. The lowest BCUT2D eigenvalue weighted by Crippen LogP contribution is -2.12. The molecule has 5 heteroatoms. The van der Waals surface area contributed by atoms with E-state index >= 15 is 0 Å². The molecule has 0 saturated carbocycles. The zero-order valence-corrected chi connectivity index (χ0v) is 15.3. The third-order valence-corrected chi connectivity index (χ3v) is 4.46. The zero-order valence-electron chi connectivity index (χ0n) is 15.3. The molecule has 138 valence electrons. The number of rotatable bonds is 5. The summed E-state index contributed by atoms with van der Waals surface area (Å²) < 4.78 is 5.16. The minimum absolute atomic E-state index is 0.236. The highest BCUT2D eigenvalue weighted by Gasteiger charge is 2.11. The number of nitrogens with zero attached hydrogens (tertiary/aromatic N) is 1. The van der Waals surface area contributed by atoms with Gasteiger partial charge in [0.15, 0.2) is 0 Å². The largest absolute Gasteiger partial charge is 0.497 e. The molecule has 3 aromatic carbocycles. The average Bonchev–Trinajstić information content (AvgIpc) is 3.25. The van der Waals surface area contributed by atoms with Gasteiger partial charge < -0.3 is 10.1 Å². The molecule has 28 heavy (non-hydrogen) atoms. The maximum atomic E-state index is 12.5. The van der Waals surface area contributed by atoms with Crippen molar-refractivity contribution in [3.8, 4) is 28.1 Å². The molecule has 1 heterocycles.